The molecular formula is C16H20N4OS. The molecule has 5 nitrogen and oxygen atoms in total. The minimum absolute atomic E-state index is 0.0480. The molecule has 1 N–H and O–H groups in total. The van der Waals surface area contributed by atoms with Crippen molar-refractivity contribution in [3.8, 4) is 0 Å². The van der Waals surface area contributed by atoms with Crippen molar-refractivity contribution in [2.45, 2.75) is 32.5 Å². The zero-order valence-corrected chi connectivity index (χ0v) is 13.9. The van der Waals surface area contributed by atoms with Crippen LogP contribution in [0.5, 0.6) is 0 Å². The second-order valence-electron chi connectivity index (χ2n) is 5.17. The molecule has 1 heterocycles. The molecule has 22 heavy (non-hydrogen) atoms. The van der Waals surface area contributed by atoms with Crippen LogP contribution in [0, 0.1) is 20.8 Å². The number of nitrogens with one attached hydrogen (secondary N) is 1. The quantitative estimate of drug-likeness (QED) is 0.657. The van der Waals surface area contributed by atoms with Gasteiger partial charge in [-0.05, 0) is 31.9 Å². The molecule has 1 amide bonds. The second kappa shape index (κ2) is 7.26. The third-order valence-corrected chi connectivity index (χ3v) is 4.16. The van der Waals surface area contributed by atoms with Gasteiger partial charge in [-0.15, -0.1) is 16.8 Å². The fraction of sp³-hybridized carbons (Fsp3) is 0.312. The van der Waals surface area contributed by atoms with Crippen molar-refractivity contribution in [1.29, 1.82) is 0 Å². The first-order chi connectivity index (χ1) is 10.5. The van der Waals surface area contributed by atoms with Crippen LogP contribution in [0.2, 0.25) is 0 Å². The summed E-state index contributed by atoms with van der Waals surface area (Å²) in [5.74, 6) is 0.246. The summed E-state index contributed by atoms with van der Waals surface area (Å²) in [5, 5.41) is 11.6. The number of carbonyl (C=O) groups excluding carboxylic acids is 1. The Bertz CT molecular complexity index is 670. The van der Waals surface area contributed by atoms with Gasteiger partial charge in [-0.1, -0.05) is 35.5 Å². The van der Waals surface area contributed by atoms with Gasteiger partial charge in [0.2, 0.25) is 5.91 Å². The van der Waals surface area contributed by atoms with Gasteiger partial charge in [0, 0.05) is 12.2 Å². The van der Waals surface area contributed by atoms with Crippen LogP contribution in [-0.4, -0.2) is 26.4 Å². The summed E-state index contributed by atoms with van der Waals surface area (Å²) in [7, 11) is 0. The lowest BCUT2D eigenvalue weighted by Gasteiger charge is -2.12. The van der Waals surface area contributed by atoms with Gasteiger partial charge in [0.05, 0.1) is 5.75 Å². The highest BCUT2D eigenvalue weighted by atomic mass is 32.2. The number of carbonyl (C=O) groups is 1. The highest BCUT2D eigenvalue weighted by molar-refractivity contribution is 7.99. The number of hydrogen-bond donors (Lipinski definition) is 1. The molecule has 0 aliphatic carbocycles. The summed E-state index contributed by atoms with van der Waals surface area (Å²) in [4.78, 5) is 12.2. The van der Waals surface area contributed by atoms with E-state index in [-0.39, 0.29) is 5.91 Å². The van der Waals surface area contributed by atoms with Gasteiger partial charge in [0.1, 0.15) is 6.33 Å². The fourth-order valence-corrected chi connectivity index (χ4v) is 3.03. The summed E-state index contributed by atoms with van der Waals surface area (Å²) in [5.41, 5.74) is 4.24. The molecule has 0 radical (unpaired) electrons. The molecule has 0 aliphatic heterocycles. The van der Waals surface area contributed by atoms with E-state index in [1.165, 1.54) is 17.3 Å². The lowest BCUT2D eigenvalue weighted by atomic mass is 10.1. The van der Waals surface area contributed by atoms with Gasteiger partial charge in [-0.2, -0.15) is 0 Å². The van der Waals surface area contributed by atoms with E-state index >= 15 is 0 Å². The van der Waals surface area contributed by atoms with Gasteiger partial charge in [-0.3, -0.25) is 4.79 Å². The maximum absolute atomic E-state index is 12.2. The topological polar surface area (TPSA) is 59.8 Å². The molecular weight excluding hydrogens is 296 g/mol. The number of anilines is 1. The Morgan fingerprint density at radius 1 is 1.36 bits per heavy atom. The normalized spacial score (nSPS) is 10.5. The third-order valence-electron chi connectivity index (χ3n) is 3.18. The molecule has 0 spiro atoms. The van der Waals surface area contributed by atoms with Crippen molar-refractivity contribution in [2.75, 3.05) is 11.1 Å². The minimum Gasteiger partial charge on any atom is -0.325 e. The summed E-state index contributed by atoms with van der Waals surface area (Å²) >= 11 is 1.37. The first kappa shape index (κ1) is 16.3. The molecule has 0 fully saturated rings. The molecule has 0 aliphatic rings. The van der Waals surface area contributed by atoms with E-state index < -0.39 is 0 Å². The second-order valence-corrected chi connectivity index (χ2v) is 6.11. The molecule has 2 aromatic rings. The highest BCUT2D eigenvalue weighted by Gasteiger charge is 2.11. The van der Waals surface area contributed by atoms with Crippen molar-refractivity contribution in [2.24, 2.45) is 0 Å². The van der Waals surface area contributed by atoms with Gasteiger partial charge in [0.25, 0.3) is 0 Å². The Kier molecular flexibility index (Phi) is 5.38. The minimum atomic E-state index is -0.0480. The predicted molar refractivity (Wildman–Crippen MR) is 90.2 cm³/mol. The number of rotatable bonds is 6. The molecule has 0 atom stereocenters. The van der Waals surface area contributed by atoms with Crippen molar-refractivity contribution >= 4 is 23.4 Å². The number of amides is 1. The van der Waals surface area contributed by atoms with Crippen molar-refractivity contribution < 1.29 is 4.79 Å². The number of allylic oxidation sites excluding steroid dienone is 1. The number of aromatic nitrogens is 3. The van der Waals surface area contributed by atoms with E-state index in [1.807, 2.05) is 25.3 Å². The van der Waals surface area contributed by atoms with E-state index in [4.69, 9.17) is 0 Å². The van der Waals surface area contributed by atoms with Gasteiger partial charge in [0.15, 0.2) is 5.16 Å². The number of benzene rings is 1. The maximum atomic E-state index is 12.2. The van der Waals surface area contributed by atoms with Crippen LogP contribution in [-0.2, 0) is 11.3 Å². The summed E-state index contributed by atoms with van der Waals surface area (Å²) in [6.45, 7) is 10.4. The Labute approximate surface area is 134 Å². The standard InChI is InChI=1S/C16H20N4OS/c1-5-6-20-10-17-19-16(20)22-9-14(21)18-15-12(3)7-11(2)8-13(15)4/h5,7-8,10H,1,6,9H2,2-4H3,(H,18,21). The molecule has 6 heteroatoms. The molecule has 116 valence electrons. The summed E-state index contributed by atoms with van der Waals surface area (Å²) in [6, 6.07) is 4.13. The zero-order valence-electron chi connectivity index (χ0n) is 13.1. The molecule has 1 aromatic carbocycles. The van der Waals surface area contributed by atoms with Crippen LogP contribution in [0.3, 0.4) is 0 Å². The van der Waals surface area contributed by atoms with E-state index in [0.29, 0.717) is 17.5 Å². The van der Waals surface area contributed by atoms with Gasteiger partial charge >= 0.3 is 0 Å². The van der Waals surface area contributed by atoms with Crippen LogP contribution < -0.4 is 5.32 Å². The lowest BCUT2D eigenvalue weighted by Crippen LogP contribution is -2.16. The first-order valence-electron chi connectivity index (χ1n) is 7.00. The van der Waals surface area contributed by atoms with Crippen LogP contribution in [0.15, 0.2) is 36.3 Å². The van der Waals surface area contributed by atoms with E-state index in [1.54, 1.807) is 12.4 Å². The Morgan fingerprint density at radius 3 is 2.68 bits per heavy atom. The summed E-state index contributed by atoms with van der Waals surface area (Å²) < 4.78 is 1.85. The molecule has 0 saturated carbocycles. The number of aryl methyl sites for hydroxylation is 3. The zero-order chi connectivity index (χ0) is 16.1. The maximum Gasteiger partial charge on any atom is 0.234 e. The fourth-order valence-electron chi connectivity index (χ4n) is 2.30. The average molecular weight is 316 g/mol. The van der Waals surface area contributed by atoms with Crippen LogP contribution in [0.4, 0.5) is 5.69 Å². The van der Waals surface area contributed by atoms with Crippen molar-refractivity contribution in [3.05, 3.63) is 47.8 Å². The highest BCUT2D eigenvalue weighted by Crippen LogP contribution is 2.22. The third kappa shape index (κ3) is 3.98. The van der Waals surface area contributed by atoms with Crippen LogP contribution in [0.25, 0.3) is 0 Å². The van der Waals surface area contributed by atoms with Crippen LogP contribution in [0.1, 0.15) is 16.7 Å². The average Bonchev–Trinajstić information content (AvgIpc) is 2.88. The number of nitrogens with zero attached hydrogens (tertiary/aromatic N) is 3. The van der Waals surface area contributed by atoms with Crippen molar-refractivity contribution in [3.63, 3.8) is 0 Å². The van der Waals surface area contributed by atoms with E-state index in [2.05, 4.69) is 34.2 Å². The molecule has 0 unspecified atom stereocenters. The molecule has 0 bridgehead atoms. The molecule has 0 saturated heterocycles. The van der Waals surface area contributed by atoms with E-state index in [0.717, 1.165) is 16.8 Å². The monoisotopic (exact) mass is 316 g/mol. The predicted octanol–water partition coefficient (Wildman–Crippen LogP) is 3.12. The summed E-state index contributed by atoms with van der Waals surface area (Å²) in [6.07, 6.45) is 3.41. The lowest BCUT2D eigenvalue weighted by molar-refractivity contribution is -0.113. The Hall–Kier alpha value is -2.08. The smallest absolute Gasteiger partial charge is 0.234 e. The Balaban J connectivity index is 1.99. The van der Waals surface area contributed by atoms with Gasteiger partial charge < -0.3 is 9.88 Å². The Morgan fingerprint density at radius 2 is 2.05 bits per heavy atom. The molecule has 1 aromatic heterocycles. The first-order valence-corrected chi connectivity index (χ1v) is 7.99. The SMILES string of the molecule is C=CCn1cnnc1SCC(=O)Nc1c(C)cc(C)cc1C. The van der Waals surface area contributed by atoms with Crippen LogP contribution >= 0.6 is 11.8 Å². The molecule has 2 rings (SSSR count). The number of thioether (sulfide) groups is 1. The van der Waals surface area contributed by atoms with Crippen molar-refractivity contribution in [1.82, 2.24) is 14.8 Å². The van der Waals surface area contributed by atoms with Gasteiger partial charge in [-0.25, -0.2) is 0 Å². The number of hydrogen-bond acceptors (Lipinski definition) is 4. The largest absolute Gasteiger partial charge is 0.325 e. The van der Waals surface area contributed by atoms with E-state index in [9.17, 15) is 4.79 Å².